The van der Waals surface area contributed by atoms with E-state index in [1.165, 1.54) is 11.8 Å². The number of hydrogen-bond donors (Lipinski definition) is 2. The molecular weight excluding hydrogens is 180 g/mol. The van der Waals surface area contributed by atoms with Gasteiger partial charge in [-0.2, -0.15) is 11.8 Å². The highest BCUT2D eigenvalue weighted by atomic mass is 32.2. The zero-order valence-electron chi connectivity index (χ0n) is 6.34. The van der Waals surface area contributed by atoms with Crippen molar-refractivity contribution in [2.45, 2.75) is 30.0 Å². The summed E-state index contributed by atoms with van der Waals surface area (Å²) in [4.78, 5) is 10.8. The van der Waals surface area contributed by atoms with Crippen LogP contribution < -0.4 is 0 Å². The van der Waals surface area contributed by atoms with Gasteiger partial charge in [-0.15, -0.1) is 0 Å². The van der Waals surface area contributed by atoms with E-state index in [-0.39, 0.29) is 11.2 Å². The third-order valence-corrected chi connectivity index (χ3v) is 3.61. The van der Waals surface area contributed by atoms with Crippen LogP contribution in [0.25, 0.3) is 0 Å². The number of fused-ring (bicyclic) bond motifs is 1. The summed E-state index contributed by atoms with van der Waals surface area (Å²) < 4.78 is 4.88. The molecule has 12 heavy (non-hydrogen) atoms. The number of rotatable bonds is 0. The van der Waals surface area contributed by atoms with Crippen LogP contribution in [0.15, 0.2) is 0 Å². The van der Waals surface area contributed by atoms with Crippen molar-refractivity contribution in [2.24, 2.45) is 0 Å². The van der Waals surface area contributed by atoms with Gasteiger partial charge >= 0.3 is 5.97 Å². The Morgan fingerprint density at radius 3 is 3.00 bits per heavy atom. The Morgan fingerprint density at radius 1 is 1.50 bits per heavy atom. The van der Waals surface area contributed by atoms with Gasteiger partial charge in [-0.1, -0.05) is 0 Å². The van der Waals surface area contributed by atoms with Gasteiger partial charge in [0, 0.05) is 5.75 Å². The molecule has 0 aliphatic carbocycles. The van der Waals surface area contributed by atoms with Gasteiger partial charge in [0.1, 0.15) is 12.2 Å². The number of aliphatic hydroxyl groups excluding tert-OH is 2. The highest BCUT2D eigenvalue weighted by Gasteiger charge is 2.46. The zero-order valence-corrected chi connectivity index (χ0v) is 7.16. The van der Waals surface area contributed by atoms with Crippen molar-refractivity contribution in [1.29, 1.82) is 0 Å². The lowest BCUT2D eigenvalue weighted by Crippen LogP contribution is -2.47. The maximum Gasteiger partial charge on any atom is 0.307 e. The van der Waals surface area contributed by atoms with E-state index in [1.54, 1.807) is 0 Å². The van der Waals surface area contributed by atoms with Crippen LogP contribution in [0.4, 0.5) is 0 Å². The van der Waals surface area contributed by atoms with E-state index in [4.69, 9.17) is 4.74 Å². The third-order valence-electron chi connectivity index (χ3n) is 2.21. The first-order chi connectivity index (χ1) is 5.68. The monoisotopic (exact) mass is 190 g/mol. The molecule has 0 radical (unpaired) electrons. The normalized spacial score (nSPS) is 47.0. The molecule has 2 heterocycles. The number of aliphatic hydroxyl groups is 2. The molecule has 0 aromatic rings. The van der Waals surface area contributed by atoms with Gasteiger partial charge < -0.3 is 14.9 Å². The summed E-state index contributed by atoms with van der Waals surface area (Å²) in [7, 11) is 0. The number of ether oxygens (including phenoxy) is 1. The van der Waals surface area contributed by atoms with E-state index < -0.39 is 18.3 Å². The summed E-state index contributed by atoms with van der Waals surface area (Å²) in [6.45, 7) is 0. The van der Waals surface area contributed by atoms with E-state index >= 15 is 0 Å². The molecule has 0 aromatic heterocycles. The number of thioether (sulfide) groups is 1. The largest absolute Gasteiger partial charge is 0.458 e. The molecule has 0 spiro atoms. The lowest BCUT2D eigenvalue weighted by atomic mass is 10.1. The van der Waals surface area contributed by atoms with Crippen molar-refractivity contribution in [1.82, 2.24) is 0 Å². The third kappa shape index (κ3) is 1.22. The van der Waals surface area contributed by atoms with E-state index in [0.29, 0.717) is 12.2 Å². The van der Waals surface area contributed by atoms with Crippen LogP contribution in [0.3, 0.4) is 0 Å². The van der Waals surface area contributed by atoms with Crippen molar-refractivity contribution >= 4 is 17.7 Å². The molecule has 5 heteroatoms. The van der Waals surface area contributed by atoms with E-state index in [0.717, 1.165) is 0 Å². The summed E-state index contributed by atoms with van der Waals surface area (Å²) >= 11 is 1.49. The second-order valence-corrected chi connectivity index (χ2v) is 4.36. The molecule has 2 N–H and O–H groups in total. The molecule has 2 fully saturated rings. The maximum absolute atomic E-state index is 10.8. The van der Waals surface area contributed by atoms with Crippen LogP contribution in [0.1, 0.15) is 6.42 Å². The molecule has 2 aliphatic rings. The van der Waals surface area contributed by atoms with Gasteiger partial charge in [-0.25, -0.2) is 0 Å². The van der Waals surface area contributed by atoms with Crippen LogP contribution in [-0.4, -0.2) is 45.5 Å². The molecule has 4 atom stereocenters. The first-order valence-corrected chi connectivity index (χ1v) is 4.90. The van der Waals surface area contributed by atoms with Gasteiger partial charge in [0.2, 0.25) is 0 Å². The van der Waals surface area contributed by atoms with Crippen molar-refractivity contribution in [3.05, 3.63) is 0 Å². The zero-order chi connectivity index (χ0) is 8.72. The van der Waals surface area contributed by atoms with Crippen LogP contribution in [0.5, 0.6) is 0 Å². The smallest absolute Gasteiger partial charge is 0.307 e. The van der Waals surface area contributed by atoms with E-state index in [2.05, 4.69) is 0 Å². The average Bonchev–Trinajstić information content (AvgIpc) is 2.39. The summed E-state index contributed by atoms with van der Waals surface area (Å²) in [6, 6.07) is 0. The lowest BCUT2D eigenvalue weighted by molar-refractivity contribution is -0.148. The molecule has 2 saturated heterocycles. The molecule has 0 aromatic carbocycles. The highest BCUT2D eigenvalue weighted by Crippen LogP contribution is 2.35. The first-order valence-electron chi connectivity index (χ1n) is 3.85. The molecular formula is C7H10O4S. The van der Waals surface area contributed by atoms with Crippen LogP contribution >= 0.6 is 11.8 Å². The quantitative estimate of drug-likeness (QED) is 0.486. The van der Waals surface area contributed by atoms with E-state index in [1.807, 2.05) is 0 Å². The number of esters is 1. The van der Waals surface area contributed by atoms with Crippen molar-refractivity contribution < 1.29 is 19.7 Å². The number of carbonyl (C=O) groups excluding carboxylic acids is 1. The highest BCUT2D eigenvalue weighted by molar-refractivity contribution is 8.00. The lowest BCUT2D eigenvalue weighted by Gasteiger charge is -2.31. The summed E-state index contributed by atoms with van der Waals surface area (Å²) in [5.74, 6) is 0.213. The Morgan fingerprint density at radius 2 is 2.25 bits per heavy atom. The summed E-state index contributed by atoms with van der Waals surface area (Å²) in [5.41, 5.74) is 0. The second kappa shape index (κ2) is 2.90. The Hall–Kier alpha value is -0.260. The first kappa shape index (κ1) is 8.34. The molecule has 2 aliphatic heterocycles. The molecule has 0 bridgehead atoms. The van der Waals surface area contributed by atoms with Crippen LogP contribution in [0.2, 0.25) is 0 Å². The van der Waals surface area contributed by atoms with Gasteiger partial charge in [0.25, 0.3) is 0 Å². The fourth-order valence-corrected chi connectivity index (χ4v) is 2.84. The Balaban J connectivity index is 2.11. The molecule has 4 nitrogen and oxygen atoms in total. The van der Waals surface area contributed by atoms with Gasteiger partial charge in [-0.3, -0.25) is 4.79 Å². The minimum absolute atomic E-state index is 0.0379. The SMILES string of the molecule is O=C1C[C@@H]2SC[C@@H](O)[C@@H](O)[C@@H]2O1. The minimum Gasteiger partial charge on any atom is -0.458 e. The summed E-state index contributed by atoms with van der Waals surface area (Å²) in [5, 5.41) is 18.7. The molecule has 0 unspecified atom stereocenters. The fraction of sp³-hybridized carbons (Fsp3) is 0.857. The summed E-state index contributed by atoms with van der Waals surface area (Å²) in [6.07, 6.45) is -1.80. The molecule has 0 saturated carbocycles. The van der Waals surface area contributed by atoms with Gasteiger partial charge in [-0.05, 0) is 0 Å². The standard InChI is InChI=1S/C7H10O4S/c8-3-2-12-4-1-5(9)11-7(4)6(3)10/h3-4,6-8,10H,1-2H2/t3-,4+,6-,7-/m1/s1. The van der Waals surface area contributed by atoms with Crippen LogP contribution in [-0.2, 0) is 9.53 Å². The Labute approximate surface area is 73.9 Å². The molecule has 68 valence electrons. The van der Waals surface area contributed by atoms with Crippen molar-refractivity contribution in [3.63, 3.8) is 0 Å². The Kier molecular flexibility index (Phi) is 2.02. The van der Waals surface area contributed by atoms with Crippen molar-refractivity contribution in [3.8, 4) is 0 Å². The fourth-order valence-electron chi connectivity index (χ4n) is 1.54. The molecule has 2 rings (SSSR count). The number of carbonyl (C=O) groups is 1. The Bertz CT molecular complexity index is 208. The topological polar surface area (TPSA) is 66.8 Å². The number of hydrogen-bond acceptors (Lipinski definition) is 5. The maximum atomic E-state index is 10.8. The predicted molar refractivity (Wildman–Crippen MR) is 42.8 cm³/mol. The van der Waals surface area contributed by atoms with E-state index in [9.17, 15) is 15.0 Å². The minimum atomic E-state index is -0.900. The van der Waals surface area contributed by atoms with Crippen molar-refractivity contribution in [2.75, 3.05) is 5.75 Å². The average molecular weight is 190 g/mol. The van der Waals surface area contributed by atoms with Crippen LogP contribution in [0, 0.1) is 0 Å². The van der Waals surface area contributed by atoms with Gasteiger partial charge in [0.15, 0.2) is 0 Å². The second-order valence-electron chi connectivity index (χ2n) is 3.09. The molecule has 0 amide bonds. The van der Waals surface area contributed by atoms with Gasteiger partial charge in [0.05, 0.1) is 17.8 Å². The predicted octanol–water partition coefficient (Wildman–Crippen LogP) is -0.861.